The highest BCUT2D eigenvalue weighted by atomic mass is 16.5. The summed E-state index contributed by atoms with van der Waals surface area (Å²) in [6.07, 6.45) is 21.6. The Hall–Kier alpha value is -0.940. The predicted molar refractivity (Wildman–Crippen MR) is 134 cm³/mol. The third kappa shape index (κ3) is 22.3. The molecule has 0 aromatic rings. The number of esters is 1. The molecule has 0 rings (SSSR count). The molecular weight excluding hydrogens is 402 g/mol. The molecule has 0 aliphatic heterocycles. The van der Waals surface area contributed by atoms with Gasteiger partial charge >= 0.3 is 5.97 Å². The summed E-state index contributed by atoms with van der Waals surface area (Å²) in [4.78, 5) is 24.9. The van der Waals surface area contributed by atoms with Crippen LogP contribution in [-0.2, 0) is 14.3 Å². The van der Waals surface area contributed by atoms with Crippen molar-refractivity contribution in [2.45, 2.75) is 135 Å². The van der Waals surface area contributed by atoms with Gasteiger partial charge in [-0.25, -0.2) is 0 Å². The van der Waals surface area contributed by atoms with Crippen LogP contribution >= 0.6 is 0 Å². The van der Waals surface area contributed by atoms with Crippen molar-refractivity contribution in [3.63, 3.8) is 0 Å². The summed E-state index contributed by atoms with van der Waals surface area (Å²) in [6.45, 7) is 4.19. The molecule has 1 unspecified atom stereocenters. The van der Waals surface area contributed by atoms with E-state index >= 15 is 0 Å². The first-order valence-electron chi connectivity index (χ1n) is 13.6. The van der Waals surface area contributed by atoms with Crippen LogP contribution in [0, 0.1) is 0 Å². The molecule has 0 saturated heterocycles. The van der Waals surface area contributed by atoms with E-state index in [9.17, 15) is 9.59 Å². The Labute approximate surface area is 198 Å². The van der Waals surface area contributed by atoms with Crippen molar-refractivity contribution >= 4 is 12.3 Å². The highest BCUT2D eigenvalue weighted by Crippen LogP contribution is 2.18. The summed E-state index contributed by atoms with van der Waals surface area (Å²) < 4.78 is 5.88. The molecule has 0 bridgehead atoms. The van der Waals surface area contributed by atoms with Gasteiger partial charge < -0.3 is 19.5 Å². The molecule has 0 amide bonds. The second kappa shape index (κ2) is 24.7. The molecule has 5 heteroatoms. The Morgan fingerprint density at radius 2 is 1.34 bits per heavy atom. The molecule has 190 valence electrons. The monoisotopic (exact) mass is 455 g/mol. The van der Waals surface area contributed by atoms with Gasteiger partial charge in [0.15, 0.2) is 0 Å². The summed E-state index contributed by atoms with van der Waals surface area (Å²) >= 11 is 0. The number of carbonyl (C=O) groups is 2. The number of nitrogens with zero attached hydrogens (tertiary/aromatic N) is 1. The molecule has 0 aromatic carbocycles. The summed E-state index contributed by atoms with van der Waals surface area (Å²) in [5, 5.41) is 8.91. The zero-order chi connectivity index (χ0) is 23.7. The van der Waals surface area contributed by atoms with E-state index in [1.807, 2.05) is 7.05 Å². The topological polar surface area (TPSA) is 66.8 Å². The lowest BCUT2D eigenvalue weighted by molar-refractivity contribution is -0.150. The number of unbranched alkanes of at least 4 members (excludes halogenated alkanes) is 12. The fraction of sp³-hybridized carbons (Fsp3) is 0.926. The molecule has 0 spiro atoms. The fourth-order valence-corrected chi connectivity index (χ4v) is 4.09. The molecule has 0 heterocycles. The summed E-state index contributed by atoms with van der Waals surface area (Å²) in [7, 11) is 2.03. The number of rotatable bonds is 25. The summed E-state index contributed by atoms with van der Waals surface area (Å²) in [6, 6.07) is 0. The van der Waals surface area contributed by atoms with Crippen LogP contribution in [0.25, 0.3) is 0 Å². The lowest BCUT2D eigenvalue weighted by atomic mass is 10.0. The maximum absolute atomic E-state index is 12.4. The van der Waals surface area contributed by atoms with Crippen molar-refractivity contribution in [1.82, 2.24) is 4.90 Å². The number of aliphatic hydroxyl groups excluding tert-OH is 1. The lowest BCUT2D eigenvalue weighted by Gasteiger charge is -2.19. The molecular formula is C27H53NO4. The number of hydrogen-bond donors (Lipinski definition) is 1. The molecule has 0 aromatic heterocycles. The average molecular weight is 456 g/mol. The van der Waals surface area contributed by atoms with Crippen LogP contribution in [0.15, 0.2) is 0 Å². The van der Waals surface area contributed by atoms with E-state index in [0.29, 0.717) is 12.8 Å². The number of ether oxygens (including phenoxy) is 1. The molecule has 0 radical (unpaired) electrons. The van der Waals surface area contributed by atoms with E-state index in [-0.39, 0.29) is 18.7 Å². The van der Waals surface area contributed by atoms with Crippen LogP contribution in [-0.4, -0.2) is 55.1 Å². The molecule has 0 aliphatic rings. The van der Waals surface area contributed by atoms with Gasteiger partial charge in [-0.2, -0.15) is 0 Å². The van der Waals surface area contributed by atoms with Gasteiger partial charge in [0.1, 0.15) is 12.4 Å². The van der Waals surface area contributed by atoms with E-state index in [1.54, 1.807) is 0 Å². The molecule has 0 fully saturated rings. The van der Waals surface area contributed by atoms with E-state index in [4.69, 9.17) is 9.84 Å². The van der Waals surface area contributed by atoms with E-state index < -0.39 is 0 Å². The third-order valence-electron chi connectivity index (χ3n) is 6.14. The summed E-state index contributed by atoms with van der Waals surface area (Å²) in [5.74, 6) is -0.0534. The SMILES string of the molecule is CCCCCCCCCC(CCCCCCCCC=O)OC(=O)CCCN(C)CCCO. The zero-order valence-electron chi connectivity index (χ0n) is 21.3. The maximum atomic E-state index is 12.4. The smallest absolute Gasteiger partial charge is 0.306 e. The van der Waals surface area contributed by atoms with Crippen molar-refractivity contribution < 1.29 is 19.4 Å². The Bertz CT molecular complexity index is 416. The molecule has 1 atom stereocenters. The van der Waals surface area contributed by atoms with E-state index in [0.717, 1.165) is 70.7 Å². The molecule has 5 nitrogen and oxygen atoms in total. The van der Waals surface area contributed by atoms with Crippen molar-refractivity contribution in [3.05, 3.63) is 0 Å². The number of aliphatic hydroxyl groups is 1. The summed E-state index contributed by atoms with van der Waals surface area (Å²) in [5.41, 5.74) is 0. The predicted octanol–water partition coefficient (Wildman–Crippen LogP) is 6.45. The Morgan fingerprint density at radius 3 is 1.91 bits per heavy atom. The van der Waals surface area contributed by atoms with Crippen LogP contribution in [0.5, 0.6) is 0 Å². The molecule has 1 N–H and O–H groups in total. The van der Waals surface area contributed by atoms with Crippen molar-refractivity contribution in [2.75, 3.05) is 26.7 Å². The van der Waals surface area contributed by atoms with Crippen molar-refractivity contribution in [3.8, 4) is 0 Å². The highest BCUT2D eigenvalue weighted by Gasteiger charge is 2.14. The second-order valence-electron chi connectivity index (χ2n) is 9.37. The zero-order valence-corrected chi connectivity index (χ0v) is 21.3. The number of carbonyl (C=O) groups excluding carboxylic acids is 2. The van der Waals surface area contributed by atoms with Gasteiger partial charge in [0, 0.05) is 26.0 Å². The number of aldehydes is 1. The minimum atomic E-state index is -0.0534. The minimum absolute atomic E-state index is 0.0534. The Morgan fingerprint density at radius 1 is 0.812 bits per heavy atom. The first-order chi connectivity index (χ1) is 15.6. The highest BCUT2D eigenvalue weighted by molar-refractivity contribution is 5.69. The first-order valence-corrected chi connectivity index (χ1v) is 13.6. The second-order valence-corrected chi connectivity index (χ2v) is 9.37. The van der Waals surface area contributed by atoms with Crippen LogP contribution < -0.4 is 0 Å². The normalized spacial score (nSPS) is 12.2. The van der Waals surface area contributed by atoms with Gasteiger partial charge in [-0.15, -0.1) is 0 Å². The van der Waals surface area contributed by atoms with Gasteiger partial charge in [-0.3, -0.25) is 4.79 Å². The lowest BCUT2D eigenvalue weighted by Crippen LogP contribution is -2.23. The van der Waals surface area contributed by atoms with Gasteiger partial charge in [-0.05, 0) is 58.5 Å². The van der Waals surface area contributed by atoms with Crippen LogP contribution in [0.1, 0.15) is 129 Å². The van der Waals surface area contributed by atoms with Gasteiger partial charge in [0.05, 0.1) is 0 Å². The first kappa shape index (κ1) is 31.1. The standard InChI is InChI=1S/C27H53NO4/c1-3-4-5-6-8-11-14-19-26(20-15-12-9-7-10-13-16-24-29)32-27(31)21-17-22-28(2)23-18-25-30/h24,26,30H,3-23,25H2,1-2H3. The van der Waals surface area contributed by atoms with E-state index in [2.05, 4.69) is 11.8 Å². The Balaban J connectivity index is 4.12. The maximum Gasteiger partial charge on any atom is 0.306 e. The van der Waals surface area contributed by atoms with Crippen molar-refractivity contribution in [1.29, 1.82) is 0 Å². The van der Waals surface area contributed by atoms with Crippen LogP contribution in [0.4, 0.5) is 0 Å². The average Bonchev–Trinajstić information content (AvgIpc) is 2.78. The Kier molecular flexibility index (Phi) is 24.0. The van der Waals surface area contributed by atoms with Gasteiger partial charge in [0.2, 0.25) is 0 Å². The number of hydrogen-bond acceptors (Lipinski definition) is 5. The molecule has 0 saturated carbocycles. The molecule has 0 aliphatic carbocycles. The largest absolute Gasteiger partial charge is 0.462 e. The van der Waals surface area contributed by atoms with Crippen LogP contribution in [0.3, 0.4) is 0 Å². The van der Waals surface area contributed by atoms with Crippen molar-refractivity contribution in [2.24, 2.45) is 0 Å². The van der Waals surface area contributed by atoms with Crippen LogP contribution in [0.2, 0.25) is 0 Å². The molecule has 32 heavy (non-hydrogen) atoms. The van der Waals surface area contributed by atoms with E-state index in [1.165, 1.54) is 57.8 Å². The van der Waals surface area contributed by atoms with Gasteiger partial charge in [-0.1, -0.05) is 71.1 Å². The quantitative estimate of drug-likeness (QED) is 0.0973. The minimum Gasteiger partial charge on any atom is -0.462 e. The fourth-order valence-electron chi connectivity index (χ4n) is 4.09. The third-order valence-corrected chi connectivity index (χ3v) is 6.14. The van der Waals surface area contributed by atoms with Gasteiger partial charge in [0.25, 0.3) is 0 Å².